The van der Waals surface area contributed by atoms with E-state index in [-0.39, 0.29) is 0 Å². The van der Waals surface area contributed by atoms with E-state index >= 15 is 0 Å². The number of hydrogen-bond acceptors (Lipinski definition) is 4. The maximum absolute atomic E-state index is 5.26. The van der Waals surface area contributed by atoms with Gasteiger partial charge in [0.15, 0.2) is 0 Å². The van der Waals surface area contributed by atoms with Crippen molar-refractivity contribution in [2.45, 2.75) is 0 Å². The third-order valence-corrected chi connectivity index (χ3v) is 0.838. The van der Waals surface area contributed by atoms with Gasteiger partial charge in [0.1, 0.15) is 0 Å². The second-order valence-corrected chi connectivity index (χ2v) is 1.65. The van der Waals surface area contributed by atoms with Crippen LogP contribution in [0.4, 0.5) is 0 Å². The van der Waals surface area contributed by atoms with Gasteiger partial charge >= 0.3 is 0 Å². The lowest BCUT2D eigenvalue weighted by atomic mass is 10.8. The molecule has 0 fully saturated rings. The van der Waals surface area contributed by atoms with Crippen LogP contribution in [0.15, 0.2) is 0 Å². The topological polar surface area (TPSA) is 67.3 Å². The van der Waals surface area contributed by atoms with Crippen LogP contribution in [0, 0.1) is 0 Å². The summed E-state index contributed by atoms with van der Waals surface area (Å²) in [5, 5.41) is 2.92. The Morgan fingerprint density at radius 2 is 2.12 bits per heavy atom. The smallest absolute Gasteiger partial charge is 0.0499 e. The molecule has 0 aliphatic heterocycles. The second kappa shape index (κ2) is 4.99. The quantitative estimate of drug-likeness (QED) is 0.385. The van der Waals surface area contributed by atoms with Gasteiger partial charge < -0.3 is 11.5 Å². The van der Waals surface area contributed by atoms with Gasteiger partial charge in [0.2, 0.25) is 0 Å². The molecule has 0 bridgehead atoms. The normalized spacial score (nSPS) is 10.5. The van der Waals surface area contributed by atoms with Gasteiger partial charge in [-0.15, -0.1) is 0 Å². The molecule has 8 heavy (non-hydrogen) atoms. The minimum Gasteiger partial charge on any atom is -0.318 e. The molecule has 0 amide bonds. The number of nitrogens with two attached hydrogens (primary N) is 2. The van der Waals surface area contributed by atoms with Gasteiger partial charge in [-0.25, -0.2) is 0 Å². The van der Waals surface area contributed by atoms with Gasteiger partial charge in [-0.05, 0) is 7.05 Å². The molecular weight excluding hydrogens is 104 g/mol. The van der Waals surface area contributed by atoms with Crippen LogP contribution in [0.25, 0.3) is 0 Å². The highest BCUT2D eigenvalue weighted by atomic mass is 15.2. The first-order valence-corrected chi connectivity index (χ1v) is 2.60. The fourth-order valence-corrected chi connectivity index (χ4v) is 0.320. The zero-order valence-electron chi connectivity index (χ0n) is 5.22. The van der Waals surface area contributed by atoms with Crippen LogP contribution >= 0.6 is 0 Å². The molecule has 0 aliphatic carbocycles. The maximum atomic E-state index is 5.26. The summed E-state index contributed by atoms with van der Waals surface area (Å²) < 4.78 is 0. The molecule has 0 aromatic carbocycles. The van der Waals surface area contributed by atoms with E-state index in [4.69, 9.17) is 11.5 Å². The fraction of sp³-hybridized carbons (Fsp3) is 1.00. The fourth-order valence-electron chi connectivity index (χ4n) is 0.320. The van der Waals surface area contributed by atoms with Gasteiger partial charge in [0.25, 0.3) is 0 Å². The molecule has 0 saturated heterocycles. The lowest BCUT2D eigenvalue weighted by Crippen LogP contribution is -2.37. The molecule has 0 atom stereocenters. The molecule has 0 saturated carbocycles. The van der Waals surface area contributed by atoms with Crippen LogP contribution in [0.1, 0.15) is 0 Å². The van der Waals surface area contributed by atoms with Crippen LogP contribution in [0.2, 0.25) is 0 Å². The molecule has 0 aromatic rings. The number of hydrogen-bond donors (Lipinski definition) is 3. The molecule has 4 nitrogen and oxygen atoms in total. The van der Waals surface area contributed by atoms with Crippen LogP contribution in [0.3, 0.4) is 0 Å². The van der Waals surface area contributed by atoms with Crippen LogP contribution in [-0.4, -0.2) is 32.0 Å². The molecule has 50 valence electrons. The standard InChI is InChI=1S/C4H14N4/c1-8(3-6)4-7-2-5/h7H,2-6H2,1H3. The zero-order valence-corrected chi connectivity index (χ0v) is 5.22. The van der Waals surface area contributed by atoms with Gasteiger partial charge in [-0.2, -0.15) is 0 Å². The first kappa shape index (κ1) is 7.84. The van der Waals surface area contributed by atoms with Crippen molar-refractivity contribution in [3.05, 3.63) is 0 Å². The van der Waals surface area contributed by atoms with E-state index in [1.807, 2.05) is 11.9 Å². The Morgan fingerprint density at radius 1 is 1.50 bits per heavy atom. The summed E-state index contributed by atoms with van der Waals surface area (Å²) in [6, 6.07) is 0. The van der Waals surface area contributed by atoms with E-state index in [2.05, 4.69) is 5.32 Å². The summed E-state index contributed by atoms with van der Waals surface area (Å²) in [7, 11) is 1.92. The highest BCUT2D eigenvalue weighted by molar-refractivity contribution is 4.40. The minimum atomic E-state index is 0.504. The van der Waals surface area contributed by atoms with Gasteiger partial charge in [0.05, 0.1) is 0 Å². The Hall–Kier alpha value is -0.160. The molecule has 4 heteroatoms. The molecule has 0 unspecified atom stereocenters. The van der Waals surface area contributed by atoms with Crippen molar-refractivity contribution in [2.75, 3.05) is 27.1 Å². The second-order valence-electron chi connectivity index (χ2n) is 1.65. The zero-order chi connectivity index (χ0) is 6.41. The Labute approximate surface area is 49.8 Å². The number of rotatable bonds is 4. The van der Waals surface area contributed by atoms with E-state index in [9.17, 15) is 0 Å². The summed E-state index contributed by atoms with van der Waals surface area (Å²) in [5.41, 5.74) is 10.4. The van der Waals surface area contributed by atoms with Crippen molar-refractivity contribution in [1.82, 2.24) is 10.2 Å². The van der Waals surface area contributed by atoms with Crippen molar-refractivity contribution < 1.29 is 0 Å². The first-order valence-electron chi connectivity index (χ1n) is 2.60. The third kappa shape index (κ3) is 4.01. The van der Waals surface area contributed by atoms with E-state index in [1.165, 1.54) is 0 Å². The summed E-state index contributed by atoms with van der Waals surface area (Å²) >= 11 is 0. The highest BCUT2D eigenvalue weighted by Crippen LogP contribution is 1.67. The van der Waals surface area contributed by atoms with E-state index in [0.717, 1.165) is 6.67 Å². The van der Waals surface area contributed by atoms with Crippen LogP contribution < -0.4 is 16.8 Å². The number of nitrogens with one attached hydrogen (secondary N) is 1. The Morgan fingerprint density at radius 3 is 2.50 bits per heavy atom. The molecule has 0 aliphatic rings. The van der Waals surface area contributed by atoms with E-state index in [1.54, 1.807) is 0 Å². The lowest BCUT2D eigenvalue weighted by Gasteiger charge is -2.12. The maximum Gasteiger partial charge on any atom is 0.0499 e. The molecular formula is C4H14N4. The molecule has 0 spiro atoms. The van der Waals surface area contributed by atoms with Crippen LogP contribution in [-0.2, 0) is 0 Å². The Kier molecular flexibility index (Phi) is 4.89. The summed E-state index contributed by atoms with van der Waals surface area (Å²) in [6.45, 7) is 1.82. The van der Waals surface area contributed by atoms with Gasteiger partial charge in [-0.1, -0.05) is 0 Å². The lowest BCUT2D eigenvalue weighted by molar-refractivity contribution is 0.317. The first-order chi connectivity index (χ1) is 3.81. The van der Waals surface area contributed by atoms with Crippen molar-refractivity contribution in [1.29, 1.82) is 0 Å². The van der Waals surface area contributed by atoms with E-state index in [0.29, 0.717) is 13.3 Å². The molecule has 5 N–H and O–H groups in total. The van der Waals surface area contributed by atoms with Gasteiger partial charge in [-0.3, -0.25) is 10.2 Å². The van der Waals surface area contributed by atoms with Gasteiger partial charge in [0, 0.05) is 20.0 Å². The average molecular weight is 118 g/mol. The summed E-state index contributed by atoms with van der Waals surface area (Å²) in [5.74, 6) is 0. The highest BCUT2D eigenvalue weighted by Gasteiger charge is 1.87. The van der Waals surface area contributed by atoms with Crippen molar-refractivity contribution in [2.24, 2.45) is 11.5 Å². The number of nitrogens with zero attached hydrogens (tertiary/aromatic N) is 1. The summed E-state index contributed by atoms with van der Waals surface area (Å²) in [6.07, 6.45) is 0. The Bertz CT molecular complexity index is 47.3. The molecule has 0 rings (SSSR count). The van der Waals surface area contributed by atoms with Crippen molar-refractivity contribution in [3.63, 3.8) is 0 Å². The predicted octanol–water partition coefficient (Wildman–Crippen LogP) is -1.70. The SMILES string of the molecule is CN(CN)CNCN. The molecule has 0 radical (unpaired) electrons. The largest absolute Gasteiger partial charge is 0.318 e. The van der Waals surface area contributed by atoms with Crippen molar-refractivity contribution >= 4 is 0 Å². The molecule has 0 aromatic heterocycles. The monoisotopic (exact) mass is 118 g/mol. The Balaban J connectivity index is 2.86. The third-order valence-electron chi connectivity index (χ3n) is 0.838. The minimum absolute atomic E-state index is 0.504. The van der Waals surface area contributed by atoms with Crippen molar-refractivity contribution in [3.8, 4) is 0 Å². The predicted molar refractivity (Wildman–Crippen MR) is 33.9 cm³/mol. The van der Waals surface area contributed by atoms with Crippen LogP contribution in [0.5, 0.6) is 0 Å². The summed E-state index contributed by atoms with van der Waals surface area (Å²) in [4.78, 5) is 1.92. The van der Waals surface area contributed by atoms with E-state index < -0.39 is 0 Å². The molecule has 0 heterocycles. The average Bonchev–Trinajstić information content (AvgIpc) is 1.83.